The predicted molar refractivity (Wildman–Crippen MR) is 94.3 cm³/mol. The summed E-state index contributed by atoms with van der Waals surface area (Å²) in [7, 11) is 1.51. The Kier molecular flexibility index (Phi) is 4.97. The van der Waals surface area contributed by atoms with Crippen LogP contribution in [0.3, 0.4) is 0 Å². The topological polar surface area (TPSA) is 56.2 Å². The summed E-state index contributed by atoms with van der Waals surface area (Å²) in [6.07, 6.45) is 6.02. The van der Waals surface area contributed by atoms with Crippen molar-refractivity contribution in [3.05, 3.63) is 60.3 Å². The van der Waals surface area contributed by atoms with Gasteiger partial charge in [-0.05, 0) is 36.8 Å². The Balaban J connectivity index is 2.01. The molecule has 1 amide bonds. The van der Waals surface area contributed by atoms with Gasteiger partial charge in [-0.15, -0.1) is 0 Å². The highest BCUT2D eigenvalue weighted by molar-refractivity contribution is 5.83. The van der Waals surface area contributed by atoms with Gasteiger partial charge in [0.1, 0.15) is 11.6 Å². The molecule has 0 aliphatic rings. The molecular weight excluding hydrogens is 321 g/mol. The average Bonchev–Trinajstić information content (AvgIpc) is 3.03. The van der Waals surface area contributed by atoms with Crippen molar-refractivity contribution in [3.8, 4) is 5.75 Å². The summed E-state index contributed by atoms with van der Waals surface area (Å²) in [5.41, 5.74) is 1.58. The second-order valence-electron chi connectivity index (χ2n) is 5.78. The van der Waals surface area contributed by atoms with Gasteiger partial charge in [0.15, 0.2) is 0 Å². The van der Waals surface area contributed by atoms with Crippen LogP contribution < -0.4 is 10.1 Å². The van der Waals surface area contributed by atoms with E-state index in [4.69, 9.17) is 4.74 Å². The van der Waals surface area contributed by atoms with E-state index in [2.05, 4.69) is 21.8 Å². The summed E-state index contributed by atoms with van der Waals surface area (Å²) in [6.45, 7) is 2.08. The zero-order valence-electron chi connectivity index (χ0n) is 14.2. The van der Waals surface area contributed by atoms with Crippen LogP contribution in [0.1, 0.15) is 31.4 Å². The predicted octanol–water partition coefficient (Wildman–Crippen LogP) is 4.28. The third-order valence-corrected chi connectivity index (χ3v) is 4.17. The fourth-order valence-electron chi connectivity index (χ4n) is 3.01. The molecule has 2 heterocycles. The van der Waals surface area contributed by atoms with Crippen LogP contribution in [-0.2, 0) is 0 Å². The molecule has 0 aliphatic carbocycles. The number of pyridine rings is 1. The summed E-state index contributed by atoms with van der Waals surface area (Å²) in [5, 5.41) is 3.34. The highest BCUT2D eigenvalue weighted by Crippen LogP contribution is 2.31. The van der Waals surface area contributed by atoms with Crippen molar-refractivity contribution in [2.75, 3.05) is 7.05 Å². The molecule has 0 spiro atoms. The lowest BCUT2D eigenvalue weighted by Gasteiger charge is -2.20. The number of rotatable bonds is 5. The normalized spacial score (nSPS) is 12.1. The molecule has 0 saturated carbocycles. The highest BCUT2D eigenvalue weighted by Gasteiger charge is 2.18. The van der Waals surface area contributed by atoms with Crippen molar-refractivity contribution in [3.63, 3.8) is 0 Å². The van der Waals surface area contributed by atoms with E-state index in [1.807, 2.05) is 18.3 Å². The second-order valence-corrected chi connectivity index (χ2v) is 5.78. The summed E-state index contributed by atoms with van der Waals surface area (Å²) in [4.78, 5) is 15.2. The maximum absolute atomic E-state index is 14.3. The number of benzene rings is 1. The Morgan fingerprint density at radius 3 is 2.92 bits per heavy atom. The van der Waals surface area contributed by atoms with Crippen molar-refractivity contribution in [2.24, 2.45) is 0 Å². The zero-order chi connectivity index (χ0) is 17.8. The first-order valence-corrected chi connectivity index (χ1v) is 8.23. The van der Waals surface area contributed by atoms with Crippen LogP contribution in [-0.4, -0.2) is 22.7 Å². The van der Waals surface area contributed by atoms with Gasteiger partial charge in [-0.3, -0.25) is 4.98 Å². The van der Waals surface area contributed by atoms with E-state index in [0.29, 0.717) is 11.3 Å². The molecule has 1 unspecified atom stereocenters. The van der Waals surface area contributed by atoms with Gasteiger partial charge in [-0.2, -0.15) is 0 Å². The van der Waals surface area contributed by atoms with E-state index < -0.39 is 6.09 Å². The molecule has 3 rings (SSSR count). The van der Waals surface area contributed by atoms with Crippen LogP contribution in [0, 0.1) is 5.82 Å². The summed E-state index contributed by atoms with van der Waals surface area (Å²) < 4.78 is 21.5. The molecule has 5 nitrogen and oxygen atoms in total. The van der Waals surface area contributed by atoms with Gasteiger partial charge in [0.25, 0.3) is 0 Å². The Morgan fingerprint density at radius 1 is 1.36 bits per heavy atom. The van der Waals surface area contributed by atoms with Gasteiger partial charge >= 0.3 is 6.09 Å². The molecule has 130 valence electrons. The van der Waals surface area contributed by atoms with Crippen molar-refractivity contribution in [1.29, 1.82) is 0 Å². The molecule has 1 aromatic carbocycles. The van der Waals surface area contributed by atoms with Crippen LogP contribution >= 0.6 is 0 Å². The van der Waals surface area contributed by atoms with E-state index in [9.17, 15) is 9.18 Å². The molecule has 3 aromatic rings. The minimum atomic E-state index is -0.513. The fourth-order valence-corrected chi connectivity index (χ4v) is 3.01. The van der Waals surface area contributed by atoms with Gasteiger partial charge in [0.05, 0.1) is 12.2 Å². The number of amides is 1. The van der Waals surface area contributed by atoms with Crippen molar-refractivity contribution in [1.82, 2.24) is 14.9 Å². The third-order valence-electron chi connectivity index (χ3n) is 4.17. The van der Waals surface area contributed by atoms with E-state index >= 15 is 0 Å². The van der Waals surface area contributed by atoms with Crippen LogP contribution in [0.15, 0.2) is 48.9 Å². The molecule has 2 aromatic heterocycles. The molecule has 0 bridgehead atoms. The number of fused-ring (bicyclic) bond motifs is 1. The average molecular weight is 341 g/mol. The first kappa shape index (κ1) is 17.0. The number of nitrogens with zero attached hydrogens (tertiary/aromatic N) is 2. The minimum absolute atomic E-state index is 0.115. The van der Waals surface area contributed by atoms with Crippen LogP contribution in [0.25, 0.3) is 10.9 Å². The molecular formula is C19H20FN3O2. The van der Waals surface area contributed by atoms with Gasteiger partial charge in [-0.1, -0.05) is 13.3 Å². The third kappa shape index (κ3) is 3.47. The van der Waals surface area contributed by atoms with E-state index in [0.717, 1.165) is 23.7 Å². The Hall–Kier alpha value is -2.89. The number of nitrogens with one attached hydrogen (secondary N) is 1. The number of ether oxygens (including phenoxy) is 1. The molecule has 25 heavy (non-hydrogen) atoms. The van der Waals surface area contributed by atoms with Crippen LogP contribution in [0.2, 0.25) is 0 Å². The first-order chi connectivity index (χ1) is 12.1. The lowest BCUT2D eigenvalue weighted by molar-refractivity contribution is 0.203. The molecule has 0 radical (unpaired) electrons. The van der Waals surface area contributed by atoms with Crippen molar-refractivity contribution in [2.45, 2.75) is 25.8 Å². The fraction of sp³-hybridized carbons (Fsp3) is 0.263. The smallest absolute Gasteiger partial charge is 0.410 e. The molecule has 0 aliphatic heterocycles. The number of halogens is 1. The van der Waals surface area contributed by atoms with E-state index in [1.165, 1.54) is 13.2 Å². The monoisotopic (exact) mass is 341 g/mol. The Morgan fingerprint density at radius 2 is 2.20 bits per heavy atom. The molecule has 0 saturated heterocycles. The number of carbonyl (C=O) groups excluding carboxylic acids is 1. The zero-order valence-corrected chi connectivity index (χ0v) is 14.2. The second kappa shape index (κ2) is 7.34. The number of hydrogen-bond donors (Lipinski definition) is 1. The minimum Gasteiger partial charge on any atom is -0.410 e. The standard InChI is InChI=1S/C19H20FN3O2/c1-3-4-18(15-7-9-22-12-16(15)20)23-10-8-13-11-14(5-6-17(13)23)25-19(24)21-2/h5-12,18H,3-4H2,1-2H3,(H,21,24). The SMILES string of the molecule is CCCC(c1ccncc1F)n1ccc2cc(OC(=O)NC)ccc21. The molecule has 0 fully saturated rings. The van der Waals surface area contributed by atoms with Gasteiger partial charge in [0, 0.05) is 35.9 Å². The van der Waals surface area contributed by atoms with Crippen LogP contribution in [0.4, 0.5) is 9.18 Å². The Bertz CT molecular complexity index is 891. The molecule has 6 heteroatoms. The first-order valence-electron chi connectivity index (χ1n) is 8.23. The summed E-state index contributed by atoms with van der Waals surface area (Å²) >= 11 is 0. The van der Waals surface area contributed by atoms with Crippen molar-refractivity contribution < 1.29 is 13.9 Å². The maximum Gasteiger partial charge on any atom is 0.412 e. The lowest BCUT2D eigenvalue weighted by Crippen LogP contribution is -2.21. The van der Waals surface area contributed by atoms with E-state index in [-0.39, 0.29) is 11.9 Å². The van der Waals surface area contributed by atoms with Crippen LogP contribution in [0.5, 0.6) is 5.75 Å². The Labute approximate surface area is 145 Å². The largest absolute Gasteiger partial charge is 0.412 e. The van der Waals surface area contributed by atoms with Gasteiger partial charge in [0.2, 0.25) is 0 Å². The maximum atomic E-state index is 14.3. The van der Waals surface area contributed by atoms with Crippen molar-refractivity contribution >= 4 is 17.0 Å². The molecule has 1 atom stereocenters. The summed E-state index contributed by atoms with van der Waals surface area (Å²) in [6, 6.07) is 8.97. The number of aromatic nitrogens is 2. The lowest BCUT2D eigenvalue weighted by atomic mass is 10.0. The van der Waals surface area contributed by atoms with Gasteiger partial charge < -0.3 is 14.6 Å². The summed E-state index contributed by atoms with van der Waals surface area (Å²) in [5.74, 6) is 0.161. The number of hydrogen-bond acceptors (Lipinski definition) is 3. The highest BCUT2D eigenvalue weighted by atomic mass is 19.1. The number of carbonyl (C=O) groups is 1. The molecule has 1 N–H and O–H groups in total. The van der Waals surface area contributed by atoms with Gasteiger partial charge in [-0.25, -0.2) is 9.18 Å². The van der Waals surface area contributed by atoms with E-state index in [1.54, 1.807) is 24.4 Å². The quantitative estimate of drug-likeness (QED) is 0.753.